The summed E-state index contributed by atoms with van der Waals surface area (Å²) in [6.07, 6.45) is 6.40. The number of benzene rings is 2. The van der Waals surface area contributed by atoms with E-state index < -0.39 is 9.85 Å². The summed E-state index contributed by atoms with van der Waals surface area (Å²) in [5, 5.41) is 25.3. The lowest BCUT2D eigenvalue weighted by Crippen LogP contribution is -2.70. The monoisotopic (exact) mass is 480 g/mol. The van der Waals surface area contributed by atoms with Gasteiger partial charge in [-0.05, 0) is 78.7 Å². The van der Waals surface area contributed by atoms with Crippen LogP contribution in [0.3, 0.4) is 0 Å². The summed E-state index contributed by atoms with van der Waals surface area (Å²) >= 11 is 0. The Labute approximate surface area is 204 Å². The third-order valence-electron chi connectivity index (χ3n) is 8.82. The van der Waals surface area contributed by atoms with E-state index in [1.165, 1.54) is 29.7 Å². The Bertz CT molecular complexity index is 1190. The standard InChI is InChI=1S/C26H32N4O5/c1-4-5-21-22-9-6-17-14-19(35-3)8-10-20(17)26(22)13-12-25(21,2)16-28(26)27-23-11-7-18(29(31)32)15-24(23)30(33)34/h7-8,10-11,14-15,21-22,27H,4-6,9,12-13,16H2,1-3H3/t21-,22-,25+,26-/m0/s1. The lowest BCUT2D eigenvalue weighted by molar-refractivity contribution is -0.393. The molecular formula is C26H32N4O5. The Morgan fingerprint density at radius 3 is 2.63 bits per heavy atom. The van der Waals surface area contributed by atoms with Gasteiger partial charge in [0.2, 0.25) is 0 Å². The normalized spacial score (nSPS) is 29.2. The molecule has 1 saturated carbocycles. The molecule has 3 fully saturated rings. The van der Waals surface area contributed by atoms with E-state index in [-0.39, 0.29) is 28.0 Å². The van der Waals surface area contributed by atoms with Gasteiger partial charge in [-0.15, -0.1) is 0 Å². The van der Waals surface area contributed by atoms with Crippen molar-refractivity contribution < 1.29 is 14.6 Å². The van der Waals surface area contributed by atoms with Crippen molar-refractivity contribution in [1.82, 2.24) is 5.01 Å². The van der Waals surface area contributed by atoms with Crippen LogP contribution in [0.2, 0.25) is 0 Å². The summed E-state index contributed by atoms with van der Waals surface area (Å²) < 4.78 is 5.50. The number of nitro groups is 2. The molecule has 0 unspecified atom stereocenters. The number of non-ortho nitro benzene ring substituents is 1. The number of rotatable bonds is 7. The molecule has 0 aromatic heterocycles. The lowest BCUT2D eigenvalue weighted by Gasteiger charge is -2.68. The molecule has 2 aromatic carbocycles. The quantitative estimate of drug-likeness (QED) is 0.392. The molecule has 1 spiro atoms. The molecule has 35 heavy (non-hydrogen) atoms. The largest absolute Gasteiger partial charge is 0.497 e. The maximum Gasteiger partial charge on any atom is 0.300 e. The Kier molecular flexibility index (Phi) is 5.70. The van der Waals surface area contributed by atoms with E-state index >= 15 is 0 Å². The molecule has 2 bridgehead atoms. The fourth-order valence-electron chi connectivity index (χ4n) is 7.28. The van der Waals surface area contributed by atoms with E-state index in [0.29, 0.717) is 11.8 Å². The van der Waals surface area contributed by atoms with Crippen LogP contribution in [0.1, 0.15) is 57.1 Å². The van der Waals surface area contributed by atoms with Gasteiger partial charge in [-0.25, -0.2) is 5.01 Å². The third kappa shape index (κ3) is 3.55. The molecule has 186 valence electrons. The number of hydrazine groups is 1. The zero-order valence-corrected chi connectivity index (χ0v) is 20.5. The van der Waals surface area contributed by atoms with Gasteiger partial charge in [0, 0.05) is 12.6 Å². The maximum absolute atomic E-state index is 11.9. The number of ether oxygens (including phenoxy) is 1. The van der Waals surface area contributed by atoms with Gasteiger partial charge in [-0.3, -0.25) is 20.2 Å². The van der Waals surface area contributed by atoms with Gasteiger partial charge >= 0.3 is 5.69 Å². The number of aryl methyl sites for hydroxylation is 1. The molecule has 6 rings (SSSR count). The van der Waals surface area contributed by atoms with Crippen molar-refractivity contribution in [3.63, 3.8) is 0 Å². The number of piperidine rings is 2. The molecule has 9 heteroatoms. The molecule has 4 aliphatic rings. The summed E-state index contributed by atoms with van der Waals surface area (Å²) in [7, 11) is 1.68. The third-order valence-corrected chi connectivity index (χ3v) is 8.82. The van der Waals surface area contributed by atoms with Gasteiger partial charge in [0.15, 0.2) is 0 Å². The molecular weight excluding hydrogens is 448 g/mol. The van der Waals surface area contributed by atoms with Crippen LogP contribution in [-0.4, -0.2) is 28.5 Å². The minimum Gasteiger partial charge on any atom is -0.497 e. The van der Waals surface area contributed by atoms with Crippen LogP contribution in [0, 0.1) is 37.5 Å². The second-order valence-electron chi connectivity index (χ2n) is 10.6. The highest BCUT2D eigenvalue weighted by atomic mass is 16.6. The van der Waals surface area contributed by atoms with Crippen molar-refractivity contribution in [2.75, 3.05) is 19.1 Å². The fourth-order valence-corrected chi connectivity index (χ4v) is 7.28. The van der Waals surface area contributed by atoms with E-state index in [2.05, 4.69) is 36.4 Å². The summed E-state index contributed by atoms with van der Waals surface area (Å²) in [5.74, 6) is 1.83. The molecule has 2 aromatic rings. The Morgan fingerprint density at radius 2 is 1.94 bits per heavy atom. The van der Waals surface area contributed by atoms with Crippen molar-refractivity contribution in [3.05, 3.63) is 67.8 Å². The van der Waals surface area contributed by atoms with E-state index in [1.54, 1.807) is 7.11 Å². The first kappa shape index (κ1) is 23.5. The molecule has 2 heterocycles. The van der Waals surface area contributed by atoms with Crippen LogP contribution < -0.4 is 10.2 Å². The lowest BCUT2D eigenvalue weighted by atomic mass is 9.47. The predicted octanol–water partition coefficient (Wildman–Crippen LogP) is 5.83. The SMILES string of the molecule is CCC[C@H]1[C@@H]2CCc3cc(OC)ccc3[C@@]23CC[C@]1(C)CN3Nc1ccc([N+](=O)[O-])cc1[N+](=O)[O-]. The minimum absolute atomic E-state index is 0.0922. The van der Waals surface area contributed by atoms with Crippen LogP contribution >= 0.6 is 0 Å². The van der Waals surface area contributed by atoms with Gasteiger partial charge in [-0.1, -0.05) is 26.3 Å². The van der Waals surface area contributed by atoms with Gasteiger partial charge in [0.1, 0.15) is 11.4 Å². The Balaban J connectivity index is 1.63. The number of fused-ring (bicyclic) bond motifs is 3. The first-order valence-corrected chi connectivity index (χ1v) is 12.4. The molecule has 0 amide bonds. The highest BCUT2D eigenvalue weighted by Crippen LogP contribution is 2.65. The average molecular weight is 481 g/mol. The second-order valence-corrected chi connectivity index (χ2v) is 10.6. The van der Waals surface area contributed by atoms with Crippen LogP contribution in [0.5, 0.6) is 5.75 Å². The van der Waals surface area contributed by atoms with E-state index in [9.17, 15) is 20.2 Å². The number of hydrogen-bond acceptors (Lipinski definition) is 7. The van der Waals surface area contributed by atoms with E-state index in [4.69, 9.17) is 4.74 Å². The zero-order chi connectivity index (χ0) is 25.0. The number of nitro benzene ring substituents is 2. The van der Waals surface area contributed by atoms with Crippen LogP contribution in [0.4, 0.5) is 17.1 Å². The molecule has 4 atom stereocenters. The molecule has 2 aliphatic heterocycles. The molecule has 9 nitrogen and oxygen atoms in total. The Hall–Kier alpha value is -3.20. The molecule has 1 N–H and O–H groups in total. The molecule has 2 saturated heterocycles. The Morgan fingerprint density at radius 1 is 1.14 bits per heavy atom. The van der Waals surface area contributed by atoms with Gasteiger partial charge in [0.25, 0.3) is 5.69 Å². The van der Waals surface area contributed by atoms with Gasteiger partial charge in [0.05, 0.1) is 28.6 Å². The first-order valence-electron chi connectivity index (χ1n) is 12.4. The number of methoxy groups -OCH3 is 1. The molecule has 0 radical (unpaired) electrons. The number of anilines is 1. The minimum atomic E-state index is -0.602. The van der Waals surface area contributed by atoms with E-state index in [1.807, 2.05) is 6.07 Å². The van der Waals surface area contributed by atoms with Gasteiger partial charge < -0.3 is 10.2 Å². The van der Waals surface area contributed by atoms with Crippen LogP contribution in [0.25, 0.3) is 0 Å². The second kappa shape index (κ2) is 8.48. The van der Waals surface area contributed by atoms with Crippen molar-refractivity contribution in [2.45, 2.75) is 57.9 Å². The predicted molar refractivity (Wildman–Crippen MR) is 132 cm³/mol. The topological polar surface area (TPSA) is 111 Å². The van der Waals surface area contributed by atoms with Gasteiger partial charge in [-0.2, -0.15) is 0 Å². The van der Waals surface area contributed by atoms with Crippen molar-refractivity contribution >= 4 is 17.1 Å². The van der Waals surface area contributed by atoms with Crippen molar-refractivity contribution in [2.24, 2.45) is 17.3 Å². The summed E-state index contributed by atoms with van der Waals surface area (Å²) in [6, 6.07) is 10.2. The summed E-state index contributed by atoms with van der Waals surface area (Å²) in [4.78, 5) is 21.9. The number of hydrogen-bond donors (Lipinski definition) is 1. The number of nitrogens with one attached hydrogen (secondary N) is 1. The summed E-state index contributed by atoms with van der Waals surface area (Å²) in [6.45, 7) is 5.36. The van der Waals surface area contributed by atoms with E-state index in [0.717, 1.165) is 50.5 Å². The maximum atomic E-state index is 11.9. The highest BCUT2D eigenvalue weighted by Gasteiger charge is 2.63. The zero-order valence-electron chi connectivity index (χ0n) is 20.5. The fraction of sp³-hybridized carbons (Fsp3) is 0.538. The number of nitrogens with zero attached hydrogens (tertiary/aromatic N) is 3. The first-order chi connectivity index (χ1) is 16.7. The van der Waals surface area contributed by atoms with Crippen LogP contribution in [-0.2, 0) is 12.0 Å². The van der Waals surface area contributed by atoms with Crippen molar-refractivity contribution in [1.29, 1.82) is 0 Å². The van der Waals surface area contributed by atoms with Crippen molar-refractivity contribution in [3.8, 4) is 5.75 Å². The molecule has 2 aliphatic carbocycles. The summed E-state index contributed by atoms with van der Waals surface area (Å²) in [5.41, 5.74) is 5.47. The van der Waals surface area contributed by atoms with Crippen LogP contribution in [0.15, 0.2) is 36.4 Å². The average Bonchev–Trinajstić information content (AvgIpc) is 2.84. The smallest absolute Gasteiger partial charge is 0.300 e. The highest BCUT2D eigenvalue weighted by molar-refractivity contribution is 5.65.